The van der Waals surface area contributed by atoms with Gasteiger partial charge in [0.15, 0.2) is 11.9 Å². The van der Waals surface area contributed by atoms with E-state index in [4.69, 9.17) is 14.2 Å². The Labute approximate surface area is 268 Å². The predicted octanol–water partition coefficient (Wildman–Crippen LogP) is 3.64. The fourth-order valence-corrected chi connectivity index (χ4v) is 7.04. The third-order valence-corrected chi connectivity index (χ3v) is 9.53. The highest BCUT2D eigenvalue weighted by molar-refractivity contribution is 7.22. The minimum absolute atomic E-state index is 0.0760. The van der Waals surface area contributed by atoms with Crippen LogP contribution in [0, 0.1) is 0 Å². The molecule has 0 unspecified atom stereocenters. The molecule has 4 aromatic rings. The summed E-state index contributed by atoms with van der Waals surface area (Å²) in [6.07, 6.45) is -4.93. The van der Waals surface area contributed by atoms with Crippen LogP contribution in [0.1, 0.15) is 35.2 Å². The monoisotopic (exact) mass is 649 g/mol. The number of ketones is 1. The summed E-state index contributed by atoms with van der Waals surface area (Å²) >= 11 is 1.35. The van der Waals surface area contributed by atoms with Gasteiger partial charge in [0, 0.05) is 32.6 Å². The van der Waals surface area contributed by atoms with Crippen LogP contribution in [0.3, 0.4) is 0 Å². The molecular formula is C34H35NO10S. The third-order valence-electron chi connectivity index (χ3n) is 8.32. The number of aliphatic hydroxyl groups is 3. The van der Waals surface area contributed by atoms with E-state index in [9.17, 15) is 35.1 Å². The maximum absolute atomic E-state index is 14.0. The Hall–Kier alpha value is -4.04. The molecule has 0 amide bonds. The number of hydrogen-bond acceptors (Lipinski definition) is 11. The summed E-state index contributed by atoms with van der Waals surface area (Å²) < 4.78 is 17.5. The van der Waals surface area contributed by atoms with Crippen LogP contribution in [0.2, 0.25) is 0 Å². The zero-order valence-electron chi connectivity index (χ0n) is 24.8. The number of carbonyl (C=O) groups is 2. The van der Waals surface area contributed by atoms with Gasteiger partial charge < -0.3 is 39.7 Å². The molecule has 0 bridgehead atoms. The Morgan fingerprint density at radius 2 is 1.57 bits per heavy atom. The van der Waals surface area contributed by atoms with Gasteiger partial charge in [0.05, 0.1) is 0 Å². The molecule has 12 heteroatoms. The van der Waals surface area contributed by atoms with E-state index in [1.54, 1.807) is 60.7 Å². The van der Waals surface area contributed by atoms with Crippen molar-refractivity contribution in [1.29, 1.82) is 0 Å². The maximum Gasteiger partial charge on any atom is 0.335 e. The van der Waals surface area contributed by atoms with Crippen molar-refractivity contribution in [2.45, 2.75) is 50.0 Å². The number of likely N-dealkylation sites (tertiary alicyclic amines) is 1. The van der Waals surface area contributed by atoms with Crippen LogP contribution in [0.25, 0.3) is 20.5 Å². The van der Waals surface area contributed by atoms with E-state index >= 15 is 0 Å². The Bertz CT molecular complexity index is 1680. The van der Waals surface area contributed by atoms with E-state index in [0.29, 0.717) is 39.3 Å². The number of fused-ring (bicyclic) bond motifs is 1. The maximum atomic E-state index is 14.0. The van der Waals surface area contributed by atoms with Gasteiger partial charge in [-0.05, 0) is 98.2 Å². The van der Waals surface area contributed by atoms with Crippen LogP contribution in [0.4, 0.5) is 0 Å². The van der Waals surface area contributed by atoms with Crippen molar-refractivity contribution in [2.24, 2.45) is 0 Å². The van der Waals surface area contributed by atoms with E-state index in [0.717, 1.165) is 24.3 Å². The molecule has 3 heterocycles. The number of carboxylic acids is 1. The summed E-state index contributed by atoms with van der Waals surface area (Å²) in [5.41, 5.74) is 1.63. The number of aliphatic carboxylic acids is 1. The van der Waals surface area contributed by atoms with Crippen molar-refractivity contribution >= 4 is 33.2 Å². The lowest BCUT2D eigenvalue weighted by atomic mass is 9.97. The van der Waals surface area contributed by atoms with Crippen LogP contribution < -0.4 is 9.47 Å². The highest BCUT2D eigenvalue weighted by atomic mass is 32.1. The summed E-state index contributed by atoms with van der Waals surface area (Å²) in [5, 5.41) is 50.4. The van der Waals surface area contributed by atoms with Gasteiger partial charge in [-0.1, -0.05) is 6.42 Å². The summed E-state index contributed by atoms with van der Waals surface area (Å²) in [5.74, 6) is -0.744. The number of ether oxygens (including phenoxy) is 3. The smallest absolute Gasteiger partial charge is 0.335 e. The third kappa shape index (κ3) is 6.73. The Kier molecular flexibility index (Phi) is 9.54. The van der Waals surface area contributed by atoms with Gasteiger partial charge in [0.1, 0.15) is 42.2 Å². The minimum Gasteiger partial charge on any atom is -0.508 e. The summed E-state index contributed by atoms with van der Waals surface area (Å²) in [7, 11) is 0. The molecule has 2 saturated heterocycles. The predicted molar refractivity (Wildman–Crippen MR) is 170 cm³/mol. The molecule has 0 radical (unpaired) electrons. The molecule has 5 N–H and O–H groups in total. The molecule has 6 rings (SSSR count). The van der Waals surface area contributed by atoms with Crippen molar-refractivity contribution in [3.63, 3.8) is 0 Å². The number of phenols is 1. The van der Waals surface area contributed by atoms with Gasteiger partial charge >= 0.3 is 5.97 Å². The Morgan fingerprint density at radius 1 is 0.870 bits per heavy atom. The fourth-order valence-electron chi connectivity index (χ4n) is 5.80. The van der Waals surface area contributed by atoms with E-state index in [-0.39, 0.29) is 17.3 Å². The number of rotatable bonds is 10. The number of aliphatic hydroxyl groups excluding tert-OH is 3. The molecule has 0 saturated carbocycles. The summed E-state index contributed by atoms with van der Waals surface area (Å²) in [6.45, 7) is 3.64. The highest BCUT2D eigenvalue weighted by Crippen LogP contribution is 2.42. The Morgan fingerprint density at radius 3 is 2.26 bits per heavy atom. The SMILES string of the molecule is O=C(c1ccc(OCCN2CCCCC2)cc1)c1c(-c2ccc(O[C@H]3O[C@@H](C(=O)O)[C@H](O)[C@@H](O)[C@H]3O)cc2)sc2cc(O)ccc12. The lowest BCUT2D eigenvalue weighted by Crippen LogP contribution is -2.61. The van der Waals surface area contributed by atoms with Gasteiger partial charge in [0.2, 0.25) is 6.29 Å². The molecule has 2 fully saturated rings. The first kappa shape index (κ1) is 31.9. The second-order valence-corrected chi connectivity index (χ2v) is 12.5. The van der Waals surface area contributed by atoms with E-state index in [1.165, 1.54) is 36.7 Å². The molecule has 5 atom stereocenters. The number of carboxylic acid groups (broad SMARTS) is 1. The van der Waals surface area contributed by atoms with E-state index in [1.807, 2.05) is 0 Å². The number of piperidine rings is 1. The molecule has 2 aliphatic heterocycles. The zero-order valence-corrected chi connectivity index (χ0v) is 25.6. The fraction of sp³-hybridized carbons (Fsp3) is 0.353. The first-order valence-corrected chi connectivity index (χ1v) is 16.0. The highest BCUT2D eigenvalue weighted by Gasteiger charge is 2.48. The molecule has 2 aliphatic rings. The first-order valence-electron chi connectivity index (χ1n) is 15.1. The average molecular weight is 650 g/mol. The number of phenolic OH excluding ortho intramolecular Hbond substituents is 1. The van der Waals surface area contributed by atoms with Crippen LogP contribution >= 0.6 is 11.3 Å². The quantitative estimate of drug-likeness (QED) is 0.159. The topological polar surface area (TPSA) is 166 Å². The number of nitrogens with zero attached hydrogens (tertiary/aromatic N) is 1. The largest absolute Gasteiger partial charge is 0.508 e. The number of carbonyl (C=O) groups excluding carboxylic acids is 1. The van der Waals surface area contributed by atoms with Crippen molar-refractivity contribution in [1.82, 2.24) is 4.90 Å². The Balaban J connectivity index is 1.21. The van der Waals surface area contributed by atoms with Crippen molar-refractivity contribution in [3.05, 3.63) is 77.9 Å². The van der Waals surface area contributed by atoms with Crippen molar-refractivity contribution in [2.75, 3.05) is 26.2 Å². The van der Waals surface area contributed by atoms with E-state index in [2.05, 4.69) is 4.90 Å². The first-order chi connectivity index (χ1) is 22.2. The van der Waals surface area contributed by atoms with E-state index < -0.39 is 36.7 Å². The molecular weight excluding hydrogens is 614 g/mol. The van der Waals surface area contributed by atoms with Gasteiger partial charge in [-0.25, -0.2) is 4.79 Å². The standard InChI is InChI=1S/C34H35NO10S/c36-21-8-13-24-25(18-21)46-32(20-6-11-23(12-7-20)44-34-30(40)28(38)29(39)31(45-34)33(41)42)26(24)27(37)19-4-9-22(10-5-19)43-17-16-35-14-2-1-3-15-35/h4-13,18,28-31,34,36,38-40H,1-3,14-17H2,(H,41,42)/t28-,29-,30-,31-,34+/m1/s1. The van der Waals surface area contributed by atoms with Crippen LogP contribution in [-0.4, -0.2) is 99.1 Å². The molecule has 3 aromatic carbocycles. The molecule has 242 valence electrons. The number of hydrogen-bond donors (Lipinski definition) is 5. The second kappa shape index (κ2) is 13.8. The van der Waals surface area contributed by atoms with Gasteiger partial charge in [-0.15, -0.1) is 11.3 Å². The molecule has 11 nitrogen and oxygen atoms in total. The number of thiophene rings is 1. The normalized spacial score (nSPS) is 23.7. The van der Waals surface area contributed by atoms with Crippen LogP contribution in [-0.2, 0) is 9.53 Å². The summed E-state index contributed by atoms with van der Waals surface area (Å²) in [4.78, 5) is 28.5. The minimum atomic E-state index is -1.83. The molecule has 1 aromatic heterocycles. The van der Waals surface area contributed by atoms with Crippen molar-refractivity contribution in [3.8, 4) is 27.7 Å². The number of benzene rings is 3. The average Bonchev–Trinajstić information content (AvgIpc) is 3.44. The number of aromatic hydroxyl groups is 1. The summed E-state index contributed by atoms with van der Waals surface area (Å²) in [6, 6.07) is 18.5. The second-order valence-electron chi connectivity index (χ2n) is 11.5. The van der Waals surface area contributed by atoms with Crippen molar-refractivity contribution < 1.29 is 49.3 Å². The van der Waals surface area contributed by atoms with Crippen LogP contribution in [0.15, 0.2) is 66.7 Å². The lowest BCUT2D eigenvalue weighted by molar-refractivity contribution is -0.271. The van der Waals surface area contributed by atoms with Gasteiger partial charge in [-0.3, -0.25) is 9.69 Å². The lowest BCUT2D eigenvalue weighted by Gasteiger charge is -2.38. The van der Waals surface area contributed by atoms with Crippen LogP contribution in [0.5, 0.6) is 17.2 Å². The molecule has 46 heavy (non-hydrogen) atoms. The zero-order chi connectivity index (χ0) is 32.4. The van der Waals surface area contributed by atoms with Gasteiger partial charge in [-0.2, -0.15) is 0 Å². The van der Waals surface area contributed by atoms with Gasteiger partial charge in [0.25, 0.3) is 0 Å². The molecule has 0 aliphatic carbocycles. The molecule has 0 spiro atoms.